The maximum Gasteiger partial charge on any atom is 0.143 e. The van der Waals surface area contributed by atoms with E-state index in [-0.39, 0.29) is 0 Å². The third kappa shape index (κ3) is 2.29. The minimum absolute atomic E-state index is 0.301. The Morgan fingerprint density at radius 3 is 2.84 bits per heavy atom. The number of para-hydroxylation sites is 2. The number of aryl methyl sites for hydroxylation is 1. The number of hydrogen-bond acceptors (Lipinski definition) is 2. The van der Waals surface area contributed by atoms with Gasteiger partial charge in [-0.3, -0.25) is 4.79 Å². The Balaban J connectivity index is 1.92. The SMILES string of the molecule is CCCn1c(CC(=O)C2CCC2)nc2ccccc21. The molecule has 100 valence electrons. The summed E-state index contributed by atoms with van der Waals surface area (Å²) >= 11 is 0. The quantitative estimate of drug-likeness (QED) is 0.822. The number of aromatic nitrogens is 2. The molecule has 1 aromatic heterocycles. The third-order valence-corrected chi connectivity index (χ3v) is 4.07. The first-order valence-corrected chi connectivity index (χ1v) is 7.26. The fraction of sp³-hybridized carbons (Fsp3) is 0.500. The van der Waals surface area contributed by atoms with Gasteiger partial charge in [0.25, 0.3) is 0 Å². The monoisotopic (exact) mass is 256 g/mol. The van der Waals surface area contributed by atoms with Crippen molar-refractivity contribution in [1.82, 2.24) is 9.55 Å². The molecule has 0 atom stereocenters. The molecule has 0 bridgehead atoms. The van der Waals surface area contributed by atoms with E-state index in [0.29, 0.717) is 18.1 Å². The highest BCUT2D eigenvalue weighted by atomic mass is 16.1. The van der Waals surface area contributed by atoms with Crippen LogP contribution in [-0.4, -0.2) is 15.3 Å². The van der Waals surface area contributed by atoms with E-state index in [0.717, 1.165) is 42.7 Å². The Hall–Kier alpha value is -1.64. The molecule has 1 saturated carbocycles. The predicted octanol–water partition coefficient (Wildman–Crippen LogP) is 3.36. The van der Waals surface area contributed by atoms with Gasteiger partial charge in [-0.1, -0.05) is 25.5 Å². The molecule has 0 N–H and O–H groups in total. The molecule has 3 rings (SSSR count). The van der Waals surface area contributed by atoms with Crippen LogP contribution in [0, 0.1) is 5.92 Å². The summed E-state index contributed by atoms with van der Waals surface area (Å²) < 4.78 is 2.21. The lowest BCUT2D eigenvalue weighted by atomic mass is 9.81. The largest absolute Gasteiger partial charge is 0.328 e. The first kappa shape index (κ1) is 12.4. The van der Waals surface area contributed by atoms with Crippen LogP contribution in [0.4, 0.5) is 0 Å². The van der Waals surface area contributed by atoms with E-state index in [1.165, 1.54) is 6.42 Å². The van der Waals surface area contributed by atoms with Crippen LogP contribution in [0.2, 0.25) is 0 Å². The van der Waals surface area contributed by atoms with Crippen LogP contribution in [0.3, 0.4) is 0 Å². The summed E-state index contributed by atoms with van der Waals surface area (Å²) in [7, 11) is 0. The molecule has 0 amide bonds. The van der Waals surface area contributed by atoms with Gasteiger partial charge < -0.3 is 4.57 Å². The zero-order chi connectivity index (χ0) is 13.2. The first-order chi connectivity index (χ1) is 9.29. The molecule has 3 nitrogen and oxygen atoms in total. The van der Waals surface area contributed by atoms with Gasteiger partial charge in [0, 0.05) is 12.5 Å². The second-order valence-corrected chi connectivity index (χ2v) is 5.44. The number of benzene rings is 1. The van der Waals surface area contributed by atoms with Crippen molar-refractivity contribution in [1.29, 1.82) is 0 Å². The van der Waals surface area contributed by atoms with Crippen molar-refractivity contribution in [2.24, 2.45) is 5.92 Å². The molecule has 2 aromatic rings. The molecule has 1 fully saturated rings. The van der Waals surface area contributed by atoms with E-state index in [2.05, 4.69) is 22.5 Å². The zero-order valence-corrected chi connectivity index (χ0v) is 11.4. The van der Waals surface area contributed by atoms with Gasteiger partial charge in [0.15, 0.2) is 0 Å². The van der Waals surface area contributed by atoms with Crippen LogP contribution in [0.5, 0.6) is 0 Å². The lowest BCUT2D eigenvalue weighted by Crippen LogP contribution is -2.24. The van der Waals surface area contributed by atoms with Gasteiger partial charge in [0.2, 0.25) is 0 Å². The zero-order valence-electron chi connectivity index (χ0n) is 11.4. The fourth-order valence-corrected chi connectivity index (χ4v) is 2.76. The van der Waals surface area contributed by atoms with Gasteiger partial charge in [-0.15, -0.1) is 0 Å². The van der Waals surface area contributed by atoms with Crippen molar-refractivity contribution in [2.75, 3.05) is 0 Å². The third-order valence-electron chi connectivity index (χ3n) is 4.07. The Morgan fingerprint density at radius 2 is 2.16 bits per heavy atom. The number of rotatable bonds is 5. The second kappa shape index (κ2) is 5.16. The Bertz CT molecular complexity index is 596. The minimum Gasteiger partial charge on any atom is -0.328 e. The van der Waals surface area contributed by atoms with Gasteiger partial charge in [0.1, 0.15) is 11.6 Å². The number of carbonyl (C=O) groups excluding carboxylic acids is 1. The molecule has 1 aliphatic carbocycles. The summed E-state index contributed by atoms with van der Waals surface area (Å²) in [4.78, 5) is 16.8. The number of ketones is 1. The summed E-state index contributed by atoms with van der Waals surface area (Å²) in [5.74, 6) is 1.62. The molecule has 19 heavy (non-hydrogen) atoms. The summed E-state index contributed by atoms with van der Waals surface area (Å²) in [6.07, 6.45) is 4.92. The molecule has 1 aromatic carbocycles. The molecule has 0 saturated heterocycles. The Labute approximate surface area is 113 Å². The van der Waals surface area contributed by atoms with Crippen molar-refractivity contribution in [2.45, 2.75) is 45.6 Å². The van der Waals surface area contributed by atoms with E-state index in [9.17, 15) is 4.79 Å². The topological polar surface area (TPSA) is 34.9 Å². The number of fused-ring (bicyclic) bond motifs is 1. The number of nitrogens with zero attached hydrogens (tertiary/aromatic N) is 2. The maximum atomic E-state index is 12.2. The molecular formula is C16H20N2O. The molecule has 3 heteroatoms. The average molecular weight is 256 g/mol. The second-order valence-electron chi connectivity index (χ2n) is 5.44. The molecular weight excluding hydrogens is 236 g/mol. The molecule has 0 radical (unpaired) electrons. The standard InChI is InChI=1S/C16H20N2O/c1-2-10-18-14-9-4-3-8-13(14)17-16(18)11-15(19)12-6-5-7-12/h3-4,8-9,12H,2,5-7,10-11H2,1H3. The normalized spacial score (nSPS) is 15.6. The van der Waals surface area contributed by atoms with E-state index in [1.54, 1.807) is 0 Å². The minimum atomic E-state index is 0.301. The van der Waals surface area contributed by atoms with Gasteiger partial charge in [-0.25, -0.2) is 4.98 Å². The number of hydrogen-bond donors (Lipinski definition) is 0. The number of carbonyl (C=O) groups is 1. The molecule has 0 spiro atoms. The Kier molecular flexibility index (Phi) is 3.36. The van der Waals surface area contributed by atoms with Gasteiger partial charge >= 0.3 is 0 Å². The average Bonchev–Trinajstić information content (AvgIpc) is 2.66. The van der Waals surface area contributed by atoms with Crippen molar-refractivity contribution in [3.05, 3.63) is 30.1 Å². The lowest BCUT2D eigenvalue weighted by molar-refractivity contribution is -0.124. The van der Waals surface area contributed by atoms with Crippen LogP contribution < -0.4 is 0 Å². The van der Waals surface area contributed by atoms with Gasteiger partial charge in [-0.2, -0.15) is 0 Å². The van der Waals surface area contributed by atoms with E-state index in [4.69, 9.17) is 0 Å². The van der Waals surface area contributed by atoms with E-state index >= 15 is 0 Å². The smallest absolute Gasteiger partial charge is 0.143 e. The summed E-state index contributed by atoms with van der Waals surface area (Å²) in [5.41, 5.74) is 2.16. The van der Waals surface area contributed by atoms with Crippen molar-refractivity contribution in [3.63, 3.8) is 0 Å². The summed E-state index contributed by atoms with van der Waals surface area (Å²) in [6, 6.07) is 8.16. The maximum absolute atomic E-state index is 12.2. The Morgan fingerprint density at radius 1 is 1.37 bits per heavy atom. The molecule has 0 unspecified atom stereocenters. The lowest BCUT2D eigenvalue weighted by Gasteiger charge is -2.23. The highest BCUT2D eigenvalue weighted by Crippen LogP contribution is 2.28. The van der Waals surface area contributed by atoms with Crippen LogP contribution in [0.25, 0.3) is 11.0 Å². The first-order valence-electron chi connectivity index (χ1n) is 7.26. The van der Waals surface area contributed by atoms with Crippen LogP contribution in [0.1, 0.15) is 38.4 Å². The summed E-state index contributed by atoms with van der Waals surface area (Å²) in [6.45, 7) is 3.10. The fourth-order valence-electron chi connectivity index (χ4n) is 2.76. The number of Topliss-reactive ketones (excluding diaryl/α,β-unsaturated/α-hetero) is 1. The highest BCUT2D eigenvalue weighted by Gasteiger charge is 2.26. The summed E-state index contributed by atoms with van der Waals surface area (Å²) in [5, 5.41) is 0. The predicted molar refractivity (Wildman–Crippen MR) is 76.1 cm³/mol. The molecule has 1 heterocycles. The highest BCUT2D eigenvalue weighted by molar-refractivity contribution is 5.85. The van der Waals surface area contributed by atoms with Crippen molar-refractivity contribution in [3.8, 4) is 0 Å². The molecule has 1 aliphatic rings. The van der Waals surface area contributed by atoms with Gasteiger partial charge in [0.05, 0.1) is 17.5 Å². The van der Waals surface area contributed by atoms with Crippen molar-refractivity contribution < 1.29 is 4.79 Å². The van der Waals surface area contributed by atoms with Crippen LogP contribution >= 0.6 is 0 Å². The van der Waals surface area contributed by atoms with E-state index < -0.39 is 0 Å². The van der Waals surface area contributed by atoms with E-state index in [1.807, 2.05) is 18.2 Å². The molecule has 0 aliphatic heterocycles. The van der Waals surface area contributed by atoms with Crippen LogP contribution in [-0.2, 0) is 17.8 Å². The van der Waals surface area contributed by atoms with Gasteiger partial charge in [-0.05, 0) is 31.4 Å². The van der Waals surface area contributed by atoms with Crippen LogP contribution in [0.15, 0.2) is 24.3 Å². The van der Waals surface area contributed by atoms with Crippen molar-refractivity contribution >= 4 is 16.8 Å². The number of imidazole rings is 1.